The molecule has 0 bridgehead atoms. The highest BCUT2D eigenvalue weighted by molar-refractivity contribution is 7.05. The van der Waals surface area contributed by atoms with Crippen LogP contribution in [0.1, 0.15) is 42.4 Å². The van der Waals surface area contributed by atoms with Crippen molar-refractivity contribution in [3.8, 4) is 0 Å². The summed E-state index contributed by atoms with van der Waals surface area (Å²) in [6.07, 6.45) is 1.99. The number of rotatable bonds is 6. The zero-order valence-electron chi connectivity index (χ0n) is 11.5. The summed E-state index contributed by atoms with van der Waals surface area (Å²) in [7, 11) is 0. The summed E-state index contributed by atoms with van der Waals surface area (Å²) in [5, 5.41) is 8.86. The molecule has 1 aromatic carbocycles. The van der Waals surface area contributed by atoms with Gasteiger partial charge in [-0.1, -0.05) is 54.0 Å². The Morgan fingerprint density at radius 1 is 1.25 bits per heavy atom. The zero-order chi connectivity index (χ0) is 14.5. The molecule has 0 aliphatic carbocycles. The minimum absolute atomic E-state index is 0.0660. The van der Waals surface area contributed by atoms with Gasteiger partial charge in [-0.15, -0.1) is 5.10 Å². The topological polar surface area (TPSA) is 37.8 Å². The summed E-state index contributed by atoms with van der Waals surface area (Å²) >= 11 is 13.6. The second kappa shape index (κ2) is 7.36. The lowest BCUT2D eigenvalue weighted by molar-refractivity contribution is 0.631. The number of halogens is 2. The molecular formula is C14H17Cl2N3S. The normalized spacial score (nSPS) is 12.6. The van der Waals surface area contributed by atoms with Crippen molar-refractivity contribution in [3.05, 3.63) is 44.4 Å². The fourth-order valence-electron chi connectivity index (χ4n) is 2.10. The van der Waals surface area contributed by atoms with Crippen LogP contribution in [-0.2, 0) is 6.42 Å². The average molecular weight is 330 g/mol. The first-order valence-corrected chi connectivity index (χ1v) is 8.19. The Hall–Kier alpha value is -0.680. The Kier molecular flexibility index (Phi) is 5.78. The van der Waals surface area contributed by atoms with Gasteiger partial charge in [0.2, 0.25) is 0 Å². The minimum atomic E-state index is 0.0660. The van der Waals surface area contributed by atoms with Crippen LogP contribution in [0.4, 0.5) is 0 Å². The maximum atomic E-state index is 6.13. The van der Waals surface area contributed by atoms with E-state index in [1.54, 1.807) is 0 Å². The second-order valence-electron chi connectivity index (χ2n) is 4.50. The van der Waals surface area contributed by atoms with E-state index in [0.29, 0.717) is 10.0 Å². The van der Waals surface area contributed by atoms with Crippen LogP contribution in [0.15, 0.2) is 18.2 Å². The van der Waals surface area contributed by atoms with Crippen molar-refractivity contribution < 1.29 is 0 Å². The Morgan fingerprint density at radius 2 is 2.05 bits per heavy atom. The van der Waals surface area contributed by atoms with Crippen molar-refractivity contribution in [2.45, 2.75) is 32.7 Å². The van der Waals surface area contributed by atoms with Gasteiger partial charge in [0.15, 0.2) is 0 Å². The molecule has 1 atom stereocenters. The first-order valence-electron chi connectivity index (χ1n) is 6.66. The Labute approximate surface area is 133 Å². The van der Waals surface area contributed by atoms with E-state index in [9.17, 15) is 0 Å². The molecule has 0 saturated heterocycles. The molecule has 20 heavy (non-hydrogen) atoms. The van der Waals surface area contributed by atoms with E-state index in [1.165, 1.54) is 11.5 Å². The van der Waals surface area contributed by atoms with Crippen molar-refractivity contribution in [2.75, 3.05) is 6.54 Å². The van der Waals surface area contributed by atoms with Crippen LogP contribution in [-0.4, -0.2) is 16.1 Å². The highest BCUT2D eigenvalue weighted by Crippen LogP contribution is 2.31. The first-order chi connectivity index (χ1) is 9.67. The van der Waals surface area contributed by atoms with Gasteiger partial charge in [-0.2, -0.15) is 0 Å². The van der Waals surface area contributed by atoms with E-state index < -0.39 is 0 Å². The maximum absolute atomic E-state index is 6.13. The third-order valence-corrected chi connectivity index (χ3v) is 4.59. The number of benzene rings is 1. The fraction of sp³-hybridized carbons (Fsp3) is 0.429. The SMILES string of the molecule is CCCc1nnsc1C(NCC)c1ccc(Cl)c(Cl)c1. The van der Waals surface area contributed by atoms with Crippen LogP contribution in [0.5, 0.6) is 0 Å². The third-order valence-electron chi connectivity index (χ3n) is 3.02. The van der Waals surface area contributed by atoms with Gasteiger partial charge < -0.3 is 5.32 Å². The number of nitrogens with one attached hydrogen (secondary N) is 1. The van der Waals surface area contributed by atoms with E-state index >= 15 is 0 Å². The molecule has 0 spiro atoms. The van der Waals surface area contributed by atoms with Gasteiger partial charge in [0, 0.05) is 0 Å². The minimum Gasteiger partial charge on any atom is -0.306 e. The summed E-state index contributed by atoms with van der Waals surface area (Å²) in [6, 6.07) is 5.80. The lowest BCUT2D eigenvalue weighted by Crippen LogP contribution is -2.22. The van der Waals surface area contributed by atoms with Gasteiger partial charge in [-0.05, 0) is 42.2 Å². The number of hydrogen-bond donors (Lipinski definition) is 1. The van der Waals surface area contributed by atoms with Crippen LogP contribution >= 0.6 is 34.7 Å². The van der Waals surface area contributed by atoms with Gasteiger partial charge in [0.1, 0.15) is 0 Å². The standard InChI is InChI=1S/C14H17Cl2N3S/c1-3-5-12-14(20-19-18-12)13(17-4-2)9-6-7-10(15)11(16)8-9/h6-8,13,17H,3-5H2,1-2H3. The van der Waals surface area contributed by atoms with Gasteiger partial charge in [0.25, 0.3) is 0 Å². The predicted octanol–water partition coefficient (Wildman–Crippen LogP) is 4.50. The molecule has 0 aliphatic rings. The molecule has 0 saturated carbocycles. The van der Waals surface area contributed by atoms with Crippen molar-refractivity contribution in [1.82, 2.24) is 14.9 Å². The van der Waals surface area contributed by atoms with Crippen LogP contribution in [0.25, 0.3) is 0 Å². The molecule has 2 rings (SSSR count). The van der Waals surface area contributed by atoms with Gasteiger partial charge in [-0.25, -0.2) is 0 Å². The molecule has 0 radical (unpaired) electrons. The summed E-state index contributed by atoms with van der Waals surface area (Å²) in [6.45, 7) is 5.08. The van der Waals surface area contributed by atoms with E-state index in [-0.39, 0.29) is 6.04 Å². The van der Waals surface area contributed by atoms with Gasteiger partial charge in [-0.3, -0.25) is 0 Å². The van der Waals surface area contributed by atoms with Crippen LogP contribution in [0.3, 0.4) is 0 Å². The summed E-state index contributed by atoms with van der Waals surface area (Å²) in [4.78, 5) is 1.16. The smallest absolute Gasteiger partial charge is 0.0807 e. The summed E-state index contributed by atoms with van der Waals surface area (Å²) in [5.41, 5.74) is 2.15. The van der Waals surface area contributed by atoms with Crippen molar-refractivity contribution in [3.63, 3.8) is 0 Å². The lowest BCUT2D eigenvalue weighted by Gasteiger charge is -2.18. The largest absolute Gasteiger partial charge is 0.306 e. The molecule has 108 valence electrons. The second-order valence-corrected chi connectivity index (χ2v) is 6.10. The highest BCUT2D eigenvalue weighted by Gasteiger charge is 2.20. The molecule has 6 heteroatoms. The molecule has 0 aliphatic heterocycles. The highest BCUT2D eigenvalue weighted by atomic mass is 35.5. The first kappa shape index (κ1) is 15.7. The molecule has 1 unspecified atom stereocenters. The van der Waals surface area contributed by atoms with Crippen molar-refractivity contribution in [2.24, 2.45) is 0 Å². The predicted molar refractivity (Wildman–Crippen MR) is 85.9 cm³/mol. The molecule has 0 amide bonds. The van der Waals surface area contributed by atoms with E-state index in [2.05, 4.69) is 28.8 Å². The molecule has 3 nitrogen and oxygen atoms in total. The monoisotopic (exact) mass is 329 g/mol. The van der Waals surface area contributed by atoms with Crippen LogP contribution < -0.4 is 5.32 Å². The van der Waals surface area contributed by atoms with Crippen molar-refractivity contribution >= 4 is 34.7 Å². The quantitative estimate of drug-likeness (QED) is 0.848. The molecular weight excluding hydrogens is 313 g/mol. The number of aromatic nitrogens is 2. The Bertz CT molecular complexity index is 571. The van der Waals surface area contributed by atoms with Gasteiger partial charge >= 0.3 is 0 Å². The Morgan fingerprint density at radius 3 is 2.70 bits per heavy atom. The number of nitrogens with zero attached hydrogens (tertiary/aromatic N) is 2. The van der Waals surface area contributed by atoms with Gasteiger partial charge in [0.05, 0.1) is 26.7 Å². The molecule has 0 fully saturated rings. The molecule has 1 heterocycles. The fourth-order valence-corrected chi connectivity index (χ4v) is 3.21. The van der Waals surface area contributed by atoms with Crippen LogP contribution in [0.2, 0.25) is 10.0 Å². The zero-order valence-corrected chi connectivity index (χ0v) is 13.8. The molecule has 1 aromatic heterocycles. The van der Waals surface area contributed by atoms with Crippen LogP contribution in [0, 0.1) is 0 Å². The maximum Gasteiger partial charge on any atom is 0.0807 e. The average Bonchev–Trinajstić information content (AvgIpc) is 2.88. The number of hydrogen-bond acceptors (Lipinski definition) is 4. The third kappa shape index (κ3) is 3.50. The van der Waals surface area contributed by atoms with E-state index in [0.717, 1.165) is 35.5 Å². The van der Waals surface area contributed by atoms with E-state index in [1.807, 2.05) is 18.2 Å². The van der Waals surface area contributed by atoms with E-state index in [4.69, 9.17) is 23.2 Å². The summed E-state index contributed by atoms with van der Waals surface area (Å²) < 4.78 is 4.10. The summed E-state index contributed by atoms with van der Waals surface area (Å²) in [5.74, 6) is 0. The number of aryl methyl sites for hydroxylation is 1. The van der Waals surface area contributed by atoms with Crippen molar-refractivity contribution in [1.29, 1.82) is 0 Å². The molecule has 1 N–H and O–H groups in total. The molecule has 2 aromatic rings. The lowest BCUT2D eigenvalue weighted by atomic mass is 10.0. The Balaban J connectivity index is 2.39.